The number of carbonyl (C=O) groups is 2. The van der Waals surface area contributed by atoms with Gasteiger partial charge in [-0.2, -0.15) is 0 Å². The summed E-state index contributed by atoms with van der Waals surface area (Å²) in [6.45, 7) is 1.52. The molecule has 130 valence electrons. The van der Waals surface area contributed by atoms with E-state index in [0.717, 1.165) is 12.0 Å². The van der Waals surface area contributed by atoms with Gasteiger partial charge in [-0.15, -0.1) is 0 Å². The van der Waals surface area contributed by atoms with E-state index < -0.39 is 5.91 Å². The smallest absolute Gasteiger partial charge is 0.253 e. The van der Waals surface area contributed by atoms with Gasteiger partial charge in [0.2, 0.25) is 0 Å². The van der Waals surface area contributed by atoms with Gasteiger partial charge in [0.1, 0.15) is 12.4 Å². The summed E-state index contributed by atoms with van der Waals surface area (Å²) in [5, 5.41) is 0. The molecule has 2 aromatic carbocycles. The first-order valence-electron chi connectivity index (χ1n) is 8.20. The van der Waals surface area contributed by atoms with Crippen molar-refractivity contribution in [1.82, 2.24) is 4.90 Å². The Morgan fingerprint density at radius 3 is 2.68 bits per heavy atom. The Morgan fingerprint density at radius 1 is 1.16 bits per heavy atom. The van der Waals surface area contributed by atoms with Crippen LogP contribution in [0, 0.1) is 0 Å². The molecule has 6 heteroatoms. The fourth-order valence-electron chi connectivity index (χ4n) is 2.91. The van der Waals surface area contributed by atoms with E-state index in [-0.39, 0.29) is 18.6 Å². The molecule has 6 nitrogen and oxygen atoms in total. The Kier molecular flexibility index (Phi) is 5.00. The molecule has 2 amide bonds. The third-order valence-corrected chi connectivity index (χ3v) is 4.23. The van der Waals surface area contributed by atoms with Crippen LogP contribution in [-0.2, 0) is 6.61 Å². The predicted octanol–water partition coefficient (Wildman–Crippen LogP) is 1.54. The van der Waals surface area contributed by atoms with Crippen LogP contribution >= 0.6 is 0 Å². The third kappa shape index (κ3) is 3.97. The van der Waals surface area contributed by atoms with Gasteiger partial charge in [-0.1, -0.05) is 24.3 Å². The van der Waals surface area contributed by atoms with Crippen molar-refractivity contribution in [1.29, 1.82) is 0 Å². The lowest BCUT2D eigenvalue weighted by molar-refractivity contribution is 0.0790. The van der Waals surface area contributed by atoms with Crippen LogP contribution in [0.4, 0.5) is 0 Å². The van der Waals surface area contributed by atoms with Crippen LogP contribution in [-0.4, -0.2) is 35.8 Å². The van der Waals surface area contributed by atoms with Gasteiger partial charge in [0, 0.05) is 24.7 Å². The van der Waals surface area contributed by atoms with Gasteiger partial charge < -0.3 is 21.1 Å². The summed E-state index contributed by atoms with van der Waals surface area (Å²) in [5.41, 5.74) is 13.0. The maximum atomic E-state index is 12.5. The highest BCUT2D eigenvalue weighted by molar-refractivity contribution is 5.95. The molecule has 0 aromatic heterocycles. The van der Waals surface area contributed by atoms with Crippen molar-refractivity contribution in [3.63, 3.8) is 0 Å². The minimum Gasteiger partial charge on any atom is -0.488 e. The maximum Gasteiger partial charge on any atom is 0.253 e. The highest BCUT2D eigenvalue weighted by Crippen LogP contribution is 2.20. The van der Waals surface area contributed by atoms with Gasteiger partial charge in [-0.05, 0) is 36.2 Å². The Balaban J connectivity index is 1.70. The third-order valence-electron chi connectivity index (χ3n) is 4.23. The number of benzene rings is 2. The standard InChI is InChI=1S/C19H21N3O3/c20-15-8-9-22(11-15)19(24)14-5-3-4-13(10-14)12-25-17-7-2-1-6-16(17)18(21)23/h1-7,10,15H,8-9,11-12,20H2,(H2,21,23)/t15-/m1/s1. The zero-order valence-corrected chi connectivity index (χ0v) is 13.9. The van der Waals surface area contributed by atoms with E-state index in [1.54, 1.807) is 41.3 Å². The summed E-state index contributed by atoms with van der Waals surface area (Å²) < 4.78 is 5.72. The van der Waals surface area contributed by atoms with Crippen molar-refractivity contribution >= 4 is 11.8 Å². The fraction of sp³-hybridized carbons (Fsp3) is 0.263. The normalized spacial score (nSPS) is 16.7. The molecular weight excluding hydrogens is 318 g/mol. The number of likely N-dealkylation sites (tertiary alicyclic amines) is 1. The molecule has 0 aliphatic carbocycles. The highest BCUT2D eigenvalue weighted by atomic mass is 16.5. The maximum absolute atomic E-state index is 12.5. The van der Waals surface area contributed by atoms with Crippen LogP contribution in [0.15, 0.2) is 48.5 Å². The van der Waals surface area contributed by atoms with Crippen LogP contribution in [0.25, 0.3) is 0 Å². The number of hydrogen-bond donors (Lipinski definition) is 2. The topological polar surface area (TPSA) is 98.7 Å². The molecule has 0 saturated carbocycles. The zero-order valence-electron chi connectivity index (χ0n) is 13.9. The number of ether oxygens (including phenoxy) is 1. The van der Waals surface area contributed by atoms with E-state index in [1.807, 2.05) is 12.1 Å². The molecule has 0 radical (unpaired) electrons. The van der Waals surface area contributed by atoms with Gasteiger partial charge in [0.05, 0.1) is 5.56 Å². The van der Waals surface area contributed by atoms with E-state index in [1.165, 1.54) is 0 Å². The second kappa shape index (κ2) is 7.36. The monoisotopic (exact) mass is 339 g/mol. The summed E-state index contributed by atoms with van der Waals surface area (Å²) in [5.74, 6) is -0.130. The zero-order chi connectivity index (χ0) is 17.8. The number of primary amides is 1. The summed E-state index contributed by atoms with van der Waals surface area (Å²) >= 11 is 0. The van der Waals surface area contributed by atoms with Crippen molar-refractivity contribution in [3.05, 3.63) is 65.2 Å². The second-order valence-corrected chi connectivity index (χ2v) is 6.15. The van der Waals surface area contributed by atoms with Crippen LogP contribution in [0.2, 0.25) is 0 Å². The second-order valence-electron chi connectivity index (χ2n) is 6.15. The van der Waals surface area contributed by atoms with Crippen LogP contribution in [0.5, 0.6) is 5.75 Å². The van der Waals surface area contributed by atoms with E-state index in [2.05, 4.69) is 0 Å². The van der Waals surface area contributed by atoms with E-state index in [4.69, 9.17) is 16.2 Å². The predicted molar refractivity (Wildman–Crippen MR) is 94.2 cm³/mol. The first-order chi connectivity index (χ1) is 12.0. The van der Waals surface area contributed by atoms with Gasteiger partial charge in [0.15, 0.2) is 0 Å². The molecule has 4 N–H and O–H groups in total. The molecule has 1 heterocycles. The summed E-state index contributed by atoms with van der Waals surface area (Å²) in [4.78, 5) is 25.7. The van der Waals surface area contributed by atoms with E-state index >= 15 is 0 Å². The van der Waals surface area contributed by atoms with Crippen LogP contribution in [0.3, 0.4) is 0 Å². The molecule has 0 spiro atoms. The number of hydrogen-bond acceptors (Lipinski definition) is 4. The quantitative estimate of drug-likeness (QED) is 0.863. The molecular formula is C19H21N3O3. The fourth-order valence-corrected chi connectivity index (χ4v) is 2.91. The SMILES string of the molecule is NC(=O)c1ccccc1OCc1cccc(C(=O)N2CC[C@@H](N)C2)c1. The number of amides is 2. The van der Waals surface area contributed by atoms with Crippen LogP contribution in [0.1, 0.15) is 32.7 Å². The van der Waals surface area contributed by atoms with Gasteiger partial charge in [-0.3, -0.25) is 9.59 Å². The average Bonchev–Trinajstić information content (AvgIpc) is 3.06. The molecule has 25 heavy (non-hydrogen) atoms. The number of nitrogens with two attached hydrogens (primary N) is 2. The molecule has 1 fully saturated rings. The van der Waals surface area contributed by atoms with E-state index in [9.17, 15) is 9.59 Å². The molecule has 2 aromatic rings. The molecule has 3 rings (SSSR count). The summed E-state index contributed by atoms with van der Waals surface area (Å²) in [6.07, 6.45) is 0.832. The lowest BCUT2D eigenvalue weighted by Gasteiger charge is -2.16. The summed E-state index contributed by atoms with van der Waals surface area (Å²) in [6, 6.07) is 14.2. The Morgan fingerprint density at radius 2 is 1.96 bits per heavy atom. The minimum absolute atomic E-state index is 0.0210. The number of nitrogens with zero attached hydrogens (tertiary/aromatic N) is 1. The van der Waals surface area contributed by atoms with Crippen molar-refractivity contribution < 1.29 is 14.3 Å². The lowest BCUT2D eigenvalue weighted by Crippen LogP contribution is -2.31. The van der Waals surface area contributed by atoms with Crippen molar-refractivity contribution in [2.24, 2.45) is 11.5 Å². The Labute approximate surface area is 146 Å². The van der Waals surface area contributed by atoms with Gasteiger partial charge >= 0.3 is 0 Å². The minimum atomic E-state index is -0.537. The Hall–Kier alpha value is -2.86. The van der Waals surface area contributed by atoms with Gasteiger partial charge in [-0.25, -0.2) is 0 Å². The number of carbonyl (C=O) groups excluding carboxylic acids is 2. The number of rotatable bonds is 5. The molecule has 1 aliphatic heterocycles. The van der Waals surface area contributed by atoms with Crippen molar-refractivity contribution in [2.45, 2.75) is 19.1 Å². The van der Waals surface area contributed by atoms with Crippen LogP contribution < -0.4 is 16.2 Å². The molecule has 0 unspecified atom stereocenters. The van der Waals surface area contributed by atoms with Gasteiger partial charge in [0.25, 0.3) is 11.8 Å². The molecule has 0 bridgehead atoms. The molecule has 1 aliphatic rings. The first-order valence-corrected chi connectivity index (χ1v) is 8.20. The first kappa shape index (κ1) is 17.0. The number of para-hydroxylation sites is 1. The largest absolute Gasteiger partial charge is 0.488 e. The average molecular weight is 339 g/mol. The highest BCUT2D eigenvalue weighted by Gasteiger charge is 2.24. The van der Waals surface area contributed by atoms with E-state index in [0.29, 0.717) is 30.0 Å². The molecule has 1 atom stereocenters. The summed E-state index contributed by atoms with van der Waals surface area (Å²) in [7, 11) is 0. The Bertz CT molecular complexity index is 791. The molecule has 1 saturated heterocycles. The van der Waals surface area contributed by atoms with Crippen molar-refractivity contribution in [2.75, 3.05) is 13.1 Å². The lowest BCUT2D eigenvalue weighted by atomic mass is 10.1. The van der Waals surface area contributed by atoms with Crippen molar-refractivity contribution in [3.8, 4) is 5.75 Å².